The summed E-state index contributed by atoms with van der Waals surface area (Å²) >= 11 is 0. The minimum atomic E-state index is -0.0519. The minimum absolute atomic E-state index is 0.0519. The second-order valence-corrected chi connectivity index (χ2v) is 3.77. The van der Waals surface area contributed by atoms with Gasteiger partial charge in [-0.15, -0.1) is 0 Å². The van der Waals surface area contributed by atoms with Crippen LogP contribution in [0.1, 0.15) is 51.9 Å². The molecule has 1 aliphatic carbocycles. The average molecular weight is 196 g/mol. The molecule has 0 aromatic carbocycles. The van der Waals surface area contributed by atoms with Gasteiger partial charge in [-0.2, -0.15) is 0 Å². The molecular formula is C12H20O2. The van der Waals surface area contributed by atoms with E-state index in [0.29, 0.717) is 13.0 Å². The van der Waals surface area contributed by atoms with Crippen LogP contribution in [0.3, 0.4) is 0 Å². The summed E-state index contributed by atoms with van der Waals surface area (Å²) in [6.07, 6.45) is 10.1. The number of allylic oxidation sites excluding steroid dienone is 2. The maximum absolute atomic E-state index is 11.0. The first kappa shape index (κ1) is 11.3. The van der Waals surface area contributed by atoms with E-state index in [1.165, 1.54) is 25.7 Å². The number of ether oxygens (including phenoxy) is 1. The molecule has 0 fully saturated rings. The van der Waals surface area contributed by atoms with Crippen LogP contribution >= 0.6 is 0 Å². The molecule has 2 heteroatoms. The third kappa shape index (κ3) is 4.45. The van der Waals surface area contributed by atoms with Gasteiger partial charge in [-0.1, -0.05) is 11.6 Å². The molecule has 0 heterocycles. The SMILES string of the molecule is CCOC(=O)CCCC1=CCCCC1. The molecule has 0 N–H and O–H groups in total. The van der Waals surface area contributed by atoms with Crippen LogP contribution in [0.25, 0.3) is 0 Å². The third-order valence-corrected chi connectivity index (χ3v) is 2.57. The lowest BCUT2D eigenvalue weighted by Crippen LogP contribution is -2.03. The van der Waals surface area contributed by atoms with Crippen molar-refractivity contribution in [2.24, 2.45) is 0 Å². The Kier molecular flexibility index (Phi) is 5.35. The summed E-state index contributed by atoms with van der Waals surface area (Å²) in [5.41, 5.74) is 1.54. The lowest BCUT2D eigenvalue weighted by Gasteiger charge is -2.11. The van der Waals surface area contributed by atoms with Crippen molar-refractivity contribution < 1.29 is 9.53 Å². The Morgan fingerprint density at radius 1 is 1.50 bits per heavy atom. The number of carbonyl (C=O) groups excluding carboxylic acids is 1. The van der Waals surface area contributed by atoms with Gasteiger partial charge in [0.1, 0.15) is 0 Å². The van der Waals surface area contributed by atoms with Crippen molar-refractivity contribution in [1.29, 1.82) is 0 Å². The van der Waals surface area contributed by atoms with Crippen LogP contribution < -0.4 is 0 Å². The molecule has 1 rings (SSSR count). The highest BCUT2D eigenvalue weighted by molar-refractivity contribution is 5.69. The molecule has 0 unspecified atom stereocenters. The first-order valence-electron chi connectivity index (χ1n) is 5.66. The van der Waals surface area contributed by atoms with Gasteiger partial charge in [-0.05, 0) is 45.4 Å². The molecule has 1 aliphatic rings. The van der Waals surface area contributed by atoms with Gasteiger partial charge < -0.3 is 4.74 Å². The highest BCUT2D eigenvalue weighted by Gasteiger charge is 2.05. The van der Waals surface area contributed by atoms with Gasteiger partial charge in [0.15, 0.2) is 0 Å². The summed E-state index contributed by atoms with van der Waals surface area (Å²) in [5.74, 6) is -0.0519. The summed E-state index contributed by atoms with van der Waals surface area (Å²) in [5, 5.41) is 0. The molecule has 0 aliphatic heterocycles. The van der Waals surface area contributed by atoms with Gasteiger partial charge in [0, 0.05) is 6.42 Å². The molecule has 0 saturated carbocycles. The van der Waals surface area contributed by atoms with Crippen LogP contribution in [-0.2, 0) is 9.53 Å². The van der Waals surface area contributed by atoms with Crippen molar-refractivity contribution in [3.05, 3.63) is 11.6 Å². The smallest absolute Gasteiger partial charge is 0.305 e. The Morgan fingerprint density at radius 3 is 3.00 bits per heavy atom. The van der Waals surface area contributed by atoms with Crippen molar-refractivity contribution in [3.8, 4) is 0 Å². The Morgan fingerprint density at radius 2 is 2.36 bits per heavy atom. The van der Waals surface area contributed by atoms with E-state index in [1.807, 2.05) is 6.92 Å². The number of esters is 1. The zero-order valence-corrected chi connectivity index (χ0v) is 9.05. The lowest BCUT2D eigenvalue weighted by atomic mass is 9.95. The predicted molar refractivity (Wildman–Crippen MR) is 57.0 cm³/mol. The van der Waals surface area contributed by atoms with E-state index in [4.69, 9.17) is 4.74 Å². The average Bonchev–Trinajstić information content (AvgIpc) is 2.20. The van der Waals surface area contributed by atoms with E-state index < -0.39 is 0 Å². The normalized spacial score (nSPS) is 16.2. The van der Waals surface area contributed by atoms with Crippen molar-refractivity contribution in [3.63, 3.8) is 0 Å². The first-order valence-corrected chi connectivity index (χ1v) is 5.66. The van der Waals surface area contributed by atoms with E-state index in [1.54, 1.807) is 5.57 Å². The molecule has 0 aromatic rings. The lowest BCUT2D eigenvalue weighted by molar-refractivity contribution is -0.143. The minimum Gasteiger partial charge on any atom is -0.466 e. The van der Waals surface area contributed by atoms with E-state index >= 15 is 0 Å². The van der Waals surface area contributed by atoms with Crippen LogP contribution in [0.2, 0.25) is 0 Å². The van der Waals surface area contributed by atoms with E-state index in [0.717, 1.165) is 12.8 Å². The molecule has 80 valence electrons. The maximum Gasteiger partial charge on any atom is 0.305 e. The fraction of sp³-hybridized carbons (Fsp3) is 0.750. The Hall–Kier alpha value is -0.790. The Bertz CT molecular complexity index is 206. The summed E-state index contributed by atoms with van der Waals surface area (Å²) in [7, 11) is 0. The van der Waals surface area contributed by atoms with Gasteiger partial charge in [0.2, 0.25) is 0 Å². The molecule has 14 heavy (non-hydrogen) atoms. The molecule has 0 atom stereocenters. The van der Waals surface area contributed by atoms with Gasteiger partial charge in [-0.25, -0.2) is 0 Å². The zero-order valence-electron chi connectivity index (χ0n) is 9.05. The summed E-state index contributed by atoms with van der Waals surface area (Å²) in [6, 6.07) is 0. The third-order valence-electron chi connectivity index (χ3n) is 2.57. The Balaban J connectivity index is 2.08. The highest BCUT2D eigenvalue weighted by Crippen LogP contribution is 2.21. The molecule has 0 radical (unpaired) electrons. The molecule has 0 bridgehead atoms. The number of hydrogen-bond donors (Lipinski definition) is 0. The van der Waals surface area contributed by atoms with Crippen molar-refractivity contribution in [1.82, 2.24) is 0 Å². The summed E-state index contributed by atoms with van der Waals surface area (Å²) < 4.78 is 4.87. The van der Waals surface area contributed by atoms with E-state index in [-0.39, 0.29) is 5.97 Å². The number of rotatable bonds is 5. The number of hydrogen-bond acceptors (Lipinski definition) is 2. The first-order chi connectivity index (χ1) is 6.83. The topological polar surface area (TPSA) is 26.3 Å². The molecule has 0 spiro atoms. The molecule has 0 saturated heterocycles. The second kappa shape index (κ2) is 6.63. The van der Waals surface area contributed by atoms with Crippen LogP contribution in [0, 0.1) is 0 Å². The van der Waals surface area contributed by atoms with Crippen LogP contribution in [-0.4, -0.2) is 12.6 Å². The fourth-order valence-electron chi connectivity index (χ4n) is 1.82. The van der Waals surface area contributed by atoms with E-state index in [2.05, 4.69) is 6.08 Å². The van der Waals surface area contributed by atoms with Crippen LogP contribution in [0.15, 0.2) is 11.6 Å². The second-order valence-electron chi connectivity index (χ2n) is 3.77. The van der Waals surface area contributed by atoms with Crippen LogP contribution in [0.5, 0.6) is 0 Å². The van der Waals surface area contributed by atoms with Crippen molar-refractivity contribution in [2.45, 2.75) is 51.9 Å². The quantitative estimate of drug-likeness (QED) is 0.498. The summed E-state index contributed by atoms with van der Waals surface area (Å²) in [4.78, 5) is 11.0. The Labute approximate surface area is 86.3 Å². The van der Waals surface area contributed by atoms with Gasteiger partial charge in [0.05, 0.1) is 6.61 Å². The standard InChI is InChI=1S/C12H20O2/c1-2-14-12(13)10-6-9-11-7-4-3-5-8-11/h7H,2-6,8-10H2,1H3. The van der Waals surface area contributed by atoms with Crippen molar-refractivity contribution >= 4 is 5.97 Å². The summed E-state index contributed by atoms with van der Waals surface area (Å²) in [6.45, 7) is 2.35. The van der Waals surface area contributed by atoms with Crippen LogP contribution in [0.4, 0.5) is 0 Å². The zero-order chi connectivity index (χ0) is 10.2. The van der Waals surface area contributed by atoms with Gasteiger partial charge in [-0.3, -0.25) is 4.79 Å². The fourth-order valence-corrected chi connectivity index (χ4v) is 1.82. The van der Waals surface area contributed by atoms with Crippen molar-refractivity contribution in [2.75, 3.05) is 6.61 Å². The van der Waals surface area contributed by atoms with Gasteiger partial charge in [0.25, 0.3) is 0 Å². The monoisotopic (exact) mass is 196 g/mol. The number of carbonyl (C=O) groups is 1. The maximum atomic E-state index is 11.0. The largest absolute Gasteiger partial charge is 0.466 e. The predicted octanol–water partition coefficient (Wildman–Crippen LogP) is 3.22. The molecule has 2 nitrogen and oxygen atoms in total. The molecule has 0 aromatic heterocycles. The van der Waals surface area contributed by atoms with Gasteiger partial charge >= 0.3 is 5.97 Å². The van der Waals surface area contributed by atoms with E-state index in [9.17, 15) is 4.79 Å². The molecular weight excluding hydrogens is 176 g/mol. The highest BCUT2D eigenvalue weighted by atomic mass is 16.5. The molecule has 0 amide bonds.